The standard InChI is InChI=1S/C22H21FN4OS/c1-13-14(2)29-22(25-13)27-20(28)8-5-6-16-17-12-15(23)9-10-18(17)26-21(16)19-7-3-4-11-24-19/h3-4,7,9-12,26H,5-6,8H2,1-2H3,(H,25,27,28). The van der Waals surface area contributed by atoms with E-state index in [9.17, 15) is 9.18 Å². The van der Waals surface area contributed by atoms with Crippen molar-refractivity contribution in [1.29, 1.82) is 0 Å². The lowest BCUT2D eigenvalue weighted by atomic mass is 10.0. The van der Waals surface area contributed by atoms with Gasteiger partial charge >= 0.3 is 0 Å². The number of fused-ring (bicyclic) bond motifs is 1. The maximum atomic E-state index is 13.9. The third-order valence-electron chi connectivity index (χ3n) is 4.89. The van der Waals surface area contributed by atoms with Crippen LogP contribution in [0.1, 0.15) is 29.0 Å². The summed E-state index contributed by atoms with van der Waals surface area (Å²) >= 11 is 1.48. The van der Waals surface area contributed by atoms with Gasteiger partial charge in [-0.15, -0.1) is 11.3 Å². The van der Waals surface area contributed by atoms with E-state index in [0.29, 0.717) is 24.4 Å². The fourth-order valence-corrected chi connectivity index (χ4v) is 4.17. The second-order valence-corrected chi connectivity index (χ2v) is 8.15. The molecular formula is C22H21FN4OS. The van der Waals surface area contributed by atoms with Crippen LogP contribution in [0.25, 0.3) is 22.3 Å². The largest absolute Gasteiger partial charge is 0.353 e. The van der Waals surface area contributed by atoms with Crippen LogP contribution in [0.4, 0.5) is 9.52 Å². The molecule has 4 aromatic rings. The average Bonchev–Trinajstić information content (AvgIpc) is 3.21. The molecule has 0 atom stereocenters. The van der Waals surface area contributed by atoms with E-state index in [4.69, 9.17) is 0 Å². The number of aryl methyl sites for hydroxylation is 3. The van der Waals surface area contributed by atoms with E-state index in [-0.39, 0.29) is 11.7 Å². The predicted octanol–water partition coefficient (Wildman–Crippen LogP) is 5.40. The van der Waals surface area contributed by atoms with Gasteiger partial charge in [-0.2, -0.15) is 0 Å². The second kappa shape index (κ2) is 8.13. The summed E-state index contributed by atoms with van der Waals surface area (Å²) in [6.07, 6.45) is 3.37. The molecule has 0 saturated heterocycles. The zero-order chi connectivity index (χ0) is 20.4. The fraction of sp³-hybridized carbons (Fsp3) is 0.227. The monoisotopic (exact) mass is 408 g/mol. The van der Waals surface area contributed by atoms with Crippen molar-refractivity contribution in [3.05, 3.63) is 64.5 Å². The molecule has 0 aliphatic carbocycles. The van der Waals surface area contributed by atoms with Crippen LogP contribution in [0.3, 0.4) is 0 Å². The Labute approximate surface area is 172 Å². The number of hydrogen-bond donors (Lipinski definition) is 2. The molecule has 0 saturated carbocycles. The van der Waals surface area contributed by atoms with Gasteiger partial charge in [0.1, 0.15) is 5.82 Å². The number of hydrogen-bond acceptors (Lipinski definition) is 4. The van der Waals surface area contributed by atoms with Crippen LogP contribution in [0.15, 0.2) is 42.6 Å². The molecule has 4 rings (SSSR count). The van der Waals surface area contributed by atoms with Crippen molar-refractivity contribution < 1.29 is 9.18 Å². The van der Waals surface area contributed by atoms with Gasteiger partial charge in [0.2, 0.25) is 5.91 Å². The normalized spacial score (nSPS) is 11.1. The molecule has 0 bridgehead atoms. The van der Waals surface area contributed by atoms with Crippen molar-refractivity contribution in [3.63, 3.8) is 0 Å². The molecule has 29 heavy (non-hydrogen) atoms. The zero-order valence-electron chi connectivity index (χ0n) is 16.3. The van der Waals surface area contributed by atoms with E-state index in [1.807, 2.05) is 32.0 Å². The number of H-pyrrole nitrogens is 1. The number of benzene rings is 1. The SMILES string of the molecule is Cc1nc(NC(=O)CCCc2c(-c3ccccn3)[nH]c3ccc(F)cc23)sc1C. The van der Waals surface area contributed by atoms with Crippen molar-refractivity contribution in [3.8, 4) is 11.4 Å². The average molecular weight is 409 g/mol. The number of aromatic nitrogens is 3. The summed E-state index contributed by atoms with van der Waals surface area (Å²) in [6, 6.07) is 10.4. The lowest BCUT2D eigenvalue weighted by Crippen LogP contribution is -2.11. The summed E-state index contributed by atoms with van der Waals surface area (Å²) in [5, 5.41) is 4.33. The summed E-state index contributed by atoms with van der Waals surface area (Å²) in [5.74, 6) is -0.346. The molecule has 0 fully saturated rings. The van der Waals surface area contributed by atoms with Gasteiger partial charge in [0.15, 0.2) is 5.13 Å². The van der Waals surface area contributed by atoms with Crippen LogP contribution in [0.5, 0.6) is 0 Å². The first kappa shape index (κ1) is 19.3. The third-order valence-corrected chi connectivity index (χ3v) is 5.88. The van der Waals surface area contributed by atoms with E-state index in [1.54, 1.807) is 12.3 Å². The highest BCUT2D eigenvalue weighted by Gasteiger charge is 2.15. The maximum absolute atomic E-state index is 13.9. The first-order valence-corrected chi connectivity index (χ1v) is 10.3. The summed E-state index contributed by atoms with van der Waals surface area (Å²) in [7, 11) is 0. The van der Waals surface area contributed by atoms with Crippen molar-refractivity contribution in [2.75, 3.05) is 5.32 Å². The lowest BCUT2D eigenvalue weighted by Gasteiger charge is -2.05. The first-order valence-electron chi connectivity index (χ1n) is 9.46. The Kier molecular flexibility index (Phi) is 5.40. The smallest absolute Gasteiger partial charge is 0.226 e. The molecule has 1 amide bonds. The van der Waals surface area contributed by atoms with Gasteiger partial charge in [0, 0.05) is 28.4 Å². The predicted molar refractivity (Wildman–Crippen MR) is 115 cm³/mol. The van der Waals surface area contributed by atoms with Gasteiger partial charge in [-0.3, -0.25) is 9.78 Å². The number of nitrogens with zero attached hydrogens (tertiary/aromatic N) is 2. The minimum atomic E-state index is -0.280. The molecule has 148 valence electrons. The Hall–Kier alpha value is -3.06. The van der Waals surface area contributed by atoms with E-state index in [2.05, 4.69) is 20.3 Å². The molecule has 0 aliphatic heterocycles. The number of aromatic amines is 1. The number of anilines is 1. The first-order chi connectivity index (χ1) is 14.0. The summed E-state index contributed by atoms with van der Waals surface area (Å²) in [6.45, 7) is 3.91. The Morgan fingerprint density at radius 2 is 2.10 bits per heavy atom. The van der Waals surface area contributed by atoms with Gasteiger partial charge in [-0.05, 0) is 62.6 Å². The second-order valence-electron chi connectivity index (χ2n) is 6.95. The van der Waals surface area contributed by atoms with E-state index >= 15 is 0 Å². The summed E-state index contributed by atoms with van der Waals surface area (Å²) < 4.78 is 13.9. The van der Waals surface area contributed by atoms with Gasteiger partial charge in [0.25, 0.3) is 0 Å². The highest BCUT2D eigenvalue weighted by Crippen LogP contribution is 2.31. The maximum Gasteiger partial charge on any atom is 0.226 e. The van der Waals surface area contributed by atoms with Gasteiger partial charge in [-0.1, -0.05) is 6.07 Å². The number of halogens is 1. The van der Waals surface area contributed by atoms with Crippen molar-refractivity contribution in [2.45, 2.75) is 33.1 Å². The quantitative estimate of drug-likeness (QED) is 0.448. The Bertz CT molecular complexity index is 1150. The van der Waals surface area contributed by atoms with Crippen LogP contribution in [0.2, 0.25) is 0 Å². The molecule has 3 aromatic heterocycles. The molecule has 0 unspecified atom stereocenters. The van der Waals surface area contributed by atoms with Gasteiger partial charge < -0.3 is 10.3 Å². The molecule has 0 aliphatic rings. The summed E-state index contributed by atoms with van der Waals surface area (Å²) in [4.78, 5) is 25.5. The Balaban J connectivity index is 1.52. The van der Waals surface area contributed by atoms with Crippen molar-refractivity contribution >= 4 is 33.3 Å². The van der Waals surface area contributed by atoms with Gasteiger partial charge in [0.05, 0.1) is 17.1 Å². The van der Waals surface area contributed by atoms with Crippen LogP contribution >= 0.6 is 11.3 Å². The number of rotatable bonds is 6. The van der Waals surface area contributed by atoms with E-state index < -0.39 is 0 Å². The van der Waals surface area contributed by atoms with Crippen LogP contribution in [-0.4, -0.2) is 20.9 Å². The number of carbonyl (C=O) groups is 1. The lowest BCUT2D eigenvalue weighted by molar-refractivity contribution is -0.116. The summed E-state index contributed by atoms with van der Waals surface area (Å²) in [5.41, 5.74) is 4.45. The molecular weight excluding hydrogens is 387 g/mol. The number of thiazole rings is 1. The van der Waals surface area contributed by atoms with Crippen LogP contribution < -0.4 is 5.32 Å². The minimum absolute atomic E-state index is 0.0656. The molecule has 2 N–H and O–H groups in total. The van der Waals surface area contributed by atoms with Crippen LogP contribution in [-0.2, 0) is 11.2 Å². The minimum Gasteiger partial charge on any atom is -0.353 e. The number of carbonyl (C=O) groups excluding carboxylic acids is 1. The molecule has 7 heteroatoms. The zero-order valence-corrected chi connectivity index (χ0v) is 17.1. The molecule has 3 heterocycles. The van der Waals surface area contributed by atoms with Gasteiger partial charge in [-0.25, -0.2) is 9.37 Å². The Morgan fingerprint density at radius 3 is 2.83 bits per heavy atom. The highest BCUT2D eigenvalue weighted by molar-refractivity contribution is 7.15. The fourth-order valence-electron chi connectivity index (χ4n) is 3.34. The molecule has 1 aromatic carbocycles. The topological polar surface area (TPSA) is 70.7 Å². The Morgan fingerprint density at radius 1 is 1.24 bits per heavy atom. The van der Waals surface area contributed by atoms with Crippen molar-refractivity contribution in [2.24, 2.45) is 0 Å². The highest BCUT2D eigenvalue weighted by atomic mass is 32.1. The number of nitrogens with one attached hydrogen (secondary N) is 2. The molecule has 0 radical (unpaired) electrons. The number of pyridine rings is 1. The third kappa shape index (κ3) is 4.19. The molecule has 0 spiro atoms. The molecule has 5 nitrogen and oxygen atoms in total. The van der Waals surface area contributed by atoms with Crippen LogP contribution in [0, 0.1) is 19.7 Å². The number of amides is 1. The van der Waals surface area contributed by atoms with E-state index in [0.717, 1.165) is 38.4 Å². The van der Waals surface area contributed by atoms with Crippen molar-refractivity contribution in [1.82, 2.24) is 15.0 Å². The van der Waals surface area contributed by atoms with E-state index in [1.165, 1.54) is 23.5 Å².